The second kappa shape index (κ2) is 12.7. The Morgan fingerprint density at radius 3 is 2.46 bits per heavy atom. The Labute approximate surface area is 209 Å². The Balaban J connectivity index is 1.41. The number of hydrogen-bond donors (Lipinski definition) is 2. The van der Waals surface area contributed by atoms with Gasteiger partial charge in [-0.1, -0.05) is 67.8 Å². The molecule has 1 amide bonds. The monoisotopic (exact) mass is 473 g/mol. The Morgan fingerprint density at radius 1 is 0.943 bits per heavy atom. The summed E-state index contributed by atoms with van der Waals surface area (Å²) in [5.41, 5.74) is 4.69. The lowest BCUT2D eigenvalue weighted by molar-refractivity contribution is -0.127. The Morgan fingerprint density at radius 2 is 1.69 bits per heavy atom. The van der Waals surface area contributed by atoms with Gasteiger partial charge in [0.15, 0.2) is 0 Å². The van der Waals surface area contributed by atoms with E-state index in [2.05, 4.69) is 63.7 Å². The van der Waals surface area contributed by atoms with Gasteiger partial charge in [-0.3, -0.25) is 9.69 Å². The van der Waals surface area contributed by atoms with Crippen LogP contribution in [0.1, 0.15) is 63.9 Å². The lowest BCUT2D eigenvalue weighted by atomic mass is 10.0. The molecule has 1 aromatic heterocycles. The molecule has 1 aliphatic heterocycles. The SMILES string of the molecule is CC(=O)CCCCC[C@@H](C(=O)NCCc1c(-c2ccccc2)[nH]c2ccccc12)N1CCCCC1. The molecule has 3 aromatic rings. The fourth-order valence-electron chi connectivity index (χ4n) is 5.34. The molecule has 0 radical (unpaired) electrons. The fourth-order valence-corrected chi connectivity index (χ4v) is 5.34. The molecule has 0 aliphatic carbocycles. The van der Waals surface area contributed by atoms with Gasteiger partial charge in [0.2, 0.25) is 5.91 Å². The normalized spacial score (nSPS) is 15.2. The number of H-pyrrole nitrogens is 1. The first-order valence-corrected chi connectivity index (χ1v) is 13.3. The highest BCUT2D eigenvalue weighted by molar-refractivity contribution is 5.91. The number of fused-ring (bicyclic) bond motifs is 1. The number of hydrogen-bond acceptors (Lipinski definition) is 3. The molecule has 5 heteroatoms. The number of ketones is 1. The van der Waals surface area contributed by atoms with E-state index >= 15 is 0 Å². The summed E-state index contributed by atoms with van der Waals surface area (Å²) < 4.78 is 0. The van der Waals surface area contributed by atoms with Crippen molar-refractivity contribution in [1.29, 1.82) is 0 Å². The summed E-state index contributed by atoms with van der Waals surface area (Å²) >= 11 is 0. The quantitative estimate of drug-likeness (QED) is 0.323. The van der Waals surface area contributed by atoms with Crippen LogP contribution in [-0.2, 0) is 16.0 Å². The molecule has 1 atom stereocenters. The molecule has 1 saturated heterocycles. The van der Waals surface area contributed by atoms with E-state index in [1.165, 1.54) is 35.8 Å². The number of rotatable bonds is 12. The molecule has 4 rings (SSSR count). The van der Waals surface area contributed by atoms with Crippen LogP contribution in [-0.4, -0.2) is 47.3 Å². The highest BCUT2D eigenvalue weighted by Crippen LogP contribution is 2.30. The topological polar surface area (TPSA) is 65.2 Å². The summed E-state index contributed by atoms with van der Waals surface area (Å²) in [5, 5.41) is 4.49. The number of aromatic amines is 1. The minimum atomic E-state index is -0.0656. The van der Waals surface area contributed by atoms with Crippen LogP contribution in [0.25, 0.3) is 22.2 Å². The Bertz CT molecular complexity index is 1100. The number of benzene rings is 2. The van der Waals surface area contributed by atoms with Crippen molar-refractivity contribution in [2.24, 2.45) is 0 Å². The summed E-state index contributed by atoms with van der Waals surface area (Å²) in [6.45, 7) is 4.29. The van der Waals surface area contributed by atoms with E-state index in [0.29, 0.717) is 13.0 Å². The van der Waals surface area contributed by atoms with E-state index in [1.54, 1.807) is 6.92 Å². The van der Waals surface area contributed by atoms with Crippen molar-refractivity contribution in [3.05, 3.63) is 60.2 Å². The number of carbonyl (C=O) groups excluding carboxylic acids is 2. The molecular weight excluding hydrogens is 434 g/mol. The molecule has 0 spiro atoms. The Hall–Kier alpha value is -2.92. The van der Waals surface area contributed by atoms with E-state index in [-0.39, 0.29) is 17.7 Å². The van der Waals surface area contributed by atoms with Gasteiger partial charge in [0.05, 0.1) is 6.04 Å². The number of likely N-dealkylation sites (tertiary alicyclic amines) is 1. The van der Waals surface area contributed by atoms with Gasteiger partial charge in [-0.15, -0.1) is 0 Å². The van der Waals surface area contributed by atoms with Crippen molar-refractivity contribution in [3.63, 3.8) is 0 Å². The third kappa shape index (κ3) is 6.82. The molecule has 0 unspecified atom stereocenters. The van der Waals surface area contributed by atoms with Gasteiger partial charge in [0, 0.05) is 29.6 Å². The number of para-hydroxylation sites is 1. The van der Waals surface area contributed by atoms with E-state index in [1.807, 2.05) is 6.07 Å². The number of amides is 1. The van der Waals surface area contributed by atoms with Crippen molar-refractivity contribution < 1.29 is 9.59 Å². The van der Waals surface area contributed by atoms with Crippen molar-refractivity contribution in [3.8, 4) is 11.3 Å². The molecule has 5 nitrogen and oxygen atoms in total. The summed E-state index contributed by atoms with van der Waals surface area (Å²) in [7, 11) is 0. The zero-order chi connectivity index (χ0) is 24.5. The van der Waals surface area contributed by atoms with Crippen LogP contribution < -0.4 is 5.32 Å². The minimum absolute atomic E-state index is 0.0656. The summed E-state index contributed by atoms with van der Waals surface area (Å²) in [5.74, 6) is 0.405. The summed E-state index contributed by atoms with van der Waals surface area (Å²) in [6, 6.07) is 18.8. The number of unbranched alkanes of at least 4 members (excludes halogenated alkanes) is 2. The first kappa shape index (κ1) is 25.2. The van der Waals surface area contributed by atoms with Crippen molar-refractivity contribution >= 4 is 22.6 Å². The maximum Gasteiger partial charge on any atom is 0.237 e. The third-order valence-electron chi connectivity index (χ3n) is 7.19. The lowest BCUT2D eigenvalue weighted by Gasteiger charge is -2.33. The predicted molar refractivity (Wildman–Crippen MR) is 143 cm³/mol. The van der Waals surface area contributed by atoms with E-state index < -0.39 is 0 Å². The second-order valence-corrected chi connectivity index (χ2v) is 9.84. The number of nitrogens with zero attached hydrogens (tertiary/aromatic N) is 1. The van der Waals surface area contributed by atoms with Gasteiger partial charge in [0.25, 0.3) is 0 Å². The van der Waals surface area contributed by atoms with Crippen molar-refractivity contribution in [2.45, 2.75) is 70.8 Å². The molecule has 2 aromatic carbocycles. The molecule has 0 bridgehead atoms. The summed E-state index contributed by atoms with van der Waals surface area (Å²) in [4.78, 5) is 30.6. The minimum Gasteiger partial charge on any atom is -0.354 e. The molecule has 186 valence electrons. The van der Waals surface area contributed by atoms with Crippen molar-refractivity contribution in [1.82, 2.24) is 15.2 Å². The van der Waals surface area contributed by atoms with E-state index in [4.69, 9.17) is 0 Å². The zero-order valence-electron chi connectivity index (χ0n) is 21.0. The van der Waals surface area contributed by atoms with E-state index in [9.17, 15) is 9.59 Å². The first-order chi connectivity index (χ1) is 17.1. The maximum atomic E-state index is 13.3. The smallest absolute Gasteiger partial charge is 0.237 e. The highest BCUT2D eigenvalue weighted by atomic mass is 16.2. The predicted octanol–water partition coefficient (Wildman–Crippen LogP) is 5.89. The lowest BCUT2D eigenvalue weighted by Crippen LogP contribution is -2.49. The molecule has 2 N–H and O–H groups in total. The Kier molecular flexibility index (Phi) is 9.13. The van der Waals surface area contributed by atoms with Gasteiger partial charge in [-0.2, -0.15) is 0 Å². The third-order valence-corrected chi connectivity index (χ3v) is 7.19. The molecule has 1 fully saturated rings. The van der Waals surface area contributed by atoms with Crippen LogP contribution in [0.5, 0.6) is 0 Å². The highest BCUT2D eigenvalue weighted by Gasteiger charge is 2.26. The van der Waals surface area contributed by atoms with Crippen LogP contribution >= 0.6 is 0 Å². The second-order valence-electron chi connectivity index (χ2n) is 9.84. The van der Waals surface area contributed by atoms with Gasteiger partial charge in [-0.25, -0.2) is 0 Å². The molecular formula is C30H39N3O2. The van der Waals surface area contributed by atoms with Crippen LogP contribution in [0, 0.1) is 0 Å². The molecule has 35 heavy (non-hydrogen) atoms. The van der Waals surface area contributed by atoms with Crippen LogP contribution in [0.15, 0.2) is 54.6 Å². The number of Topliss-reactive ketones (excluding diaryl/α,β-unsaturated/α-hetero) is 1. The largest absolute Gasteiger partial charge is 0.354 e. The number of carbonyl (C=O) groups is 2. The van der Waals surface area contributed by atoms with Gasteiger partial charge < -0.3 is 15.1 Å². The average Bonchev–Trinajstić information content (AvgIpc) is 3.25. The van der Waals surface area contributed by atoms with Crippen LogP contribution in [0.3, 0.4) is 0 Å². The maximum absolute atomic E-state index is 13.3. The average molecular weight is 474 g/mol. The number of aromatic nitrogens is 1. The molecule has 0 saturated carbocycles. The van der Waals surface area contributed by atoms with Crippen LogP contribution in [0.2, 0.25) is 0 Å². The van der Waals surface area contributed by atoms with Gasteiger partial charge in [0.1, 0.15) is 5.78 Å². The van der Waals surface area contributed by atoms with Gasteiger partial charge in [-0.05, 0) is 69.3 Å². The number of piperidine rings is 1. The van der Waals surface area contributed by atoms with Crippen LogP contribution in [0.4, 0.5) is 0 Å². The molecule has 2 heterocycles. The van der Waals surface area contributed by atoms with Gasteiger partial charge >= 0.3 is 0 Å². The fraction of sp³-hybridized carbons (Fsp3) is 0.467. The van der Waals surface area contributed by atoms with E-state index in [0.717, 1.165) is 56.4 Å². The first-order valence-electron chi connectivity index (χ1n) is 13.3. The zero-order valence-corrected chi connectivity index (χ0v) is 21.0. The van der Waals surface area contributed by atoms with Crippen molar-refractivity contribution in [2.75, 3.05) is 19.6 Å². The summed E-state index contributed by atoms with van der Waals surface area (Å²) in [6.07, 6.45) is 8.81. The number of nitrogens with one attached hydrogen (secondary N) is 2. The standard InChI is InChI=1S/C30H39N3O2/c1-23(34)13-5-2-8-18-28(33-21-11-4-12-22-33)30(35)31-20-19-26-25-16-9-10-17-27(25)32-29(26)24-14-6-3-7-15-24/h3,6-7,9-10,14-17,28,32H,2,4-5,8,11-13,18-22H2,1H3,(H,31,35)/t28-/m0/s1. The molecule has 1 aliphatic rings.